The average molecular weight is 465 g/mol. The van der Waals surface area contributed by atoms with E-state index in [2.05, 4.69) is 20.3 Å². The number of aromatic nitrogens is 6. The Hall–Kier alpha value is -3.56. The number of aryl methyl sites for hydroxylation is 2. The van der Waals surface area contributed by atoms with Crippen molar-refractivity contribution in [1.82, 2.24) is 29.9 Å². The third-order valence-electron chi connectivity index (χ3n) is 6.44. The first-order valence-corrected chi connectivity index (χ1v) is 11.7. The Morgan fingerprint density at radius 2 is 2.03 bits per heavy atom. The summed E-state index contributed by atoms with van der Waals surface area (Å²) in [6.45, 7) is 2.13. The van der Waals surface area contributed by atoms with Crippen LogP contribution in [0, 0.1) is 12.8 Å². The van der Waals surface area contributed by atoms with E-state index in [1.54, 1.807) is 16.9 Å². The van der Waals surface area contributed by atoms with Crippen LogP contribution < -0.4 is 9.47 Å². The molecular weight excluding hydrogens is 436 g/mol. The molecule has 34 heavy (non-hydrogen) atoms. The first kappa shape index (κ1) is 22.2. The van der Waals surface area contributed by atoms with Gasteiger partial charge in [-0.2, -0.15) is 4.98 Å². The number of carboxylic acids is 1. The molecule has 0 radical (unpaired) electrons. The first-order chi connectivity index (χ1) is 16.5. The number of carboxylic acid groups (broad SMARTS) is 1. The highest BCUT2D eigenvalue weighted by molar-refractivity contribution is 5.70. The molecule has 2 saturated carbocycles. The highest BCUT2D eigenvalue weighted by atomic mass is 16.5. The van der Waals surface area contributed by atoms with Gasteiger partial charge in [-0.25, -0.2) is 14.6 Å². The molecule has 3 aromatic heterocycles. The highest BCUT2D eigenvalue weighted by Crippen LogP contribution is 2.38. The molecule has 2 fully saturated rings. The number of rotatable bonds is 8. The fourth-order valence-electron chi connectivity index (χ4n) is 4.32. The Balaban J connectivity index is 1.29. The van der Waals surface area contributed by atoms with Crippen LogP contribution in [-0.4, -0.2) is 47.1 Å². The van der Waals surface area contributed by atoms with Crippen molar-refractivity contribution in [3.63, 3.8) is 0 Å². The van der Waals surface area contributed by atoms with E-state index in [0.29, 0.717) is 41.8 Å². The molecule has 0 bridgehead atoms. The third-order valence-corrected chi connectivity index (χ3v) is 6.44. The predicted octanol–water partition coefficient (Wildman–Crippen LogP) is 3.45. The van der Waals surface area contributed by atoms with Gasteiger partial charge >= 0.3 is 5.97 Å². The van der Waals surface area contributed by atoms with E-state index < -0.39 is 5.97 Å². The molecule has 0 aliphatic heterocycles. The molecule has 178 valence electrons. The second kappa shape index (κ2) is 9.36. The van der Waals surface area contributed by atoms with Gasteiger partial charge in [0.15, 0.2) is 0 Å². The molecule has 10 heteroatoms. The molecule has 2 atom stereocenters. The van der Waals surface area contributed by atoms with Gasteiger partial charge in [-0.05, 0) is 57.6 Å². The lowest BCUT2D eigenvalue weighted by Gasteiger charge is -2.27. The van der Waals surface area contributed by atoms with Crippen LogP contribution in [0.2, 0.25) is 0 Å². The summed E-state index contributed by atoms with van der Waals surface area (Å²) in [6.07, 6.45) is 6.80. The van der Waals surface area contributed by atoms with Gasteiger partial charge in [0.25, 0.3) is 0 Å². The quantitative estimate of drug-likeness (QED) is 0.533. The number of ether oxygens (including phenoxy) is 2. The topological polar surface area (TPSA) is 125 Å². The maximum atomic E-state index is 11.3. The van der Waals surface area contributed by atoms with Crippen LogP contribution in [0.25, 0.3) is 11.4 Å². The summed E-state index contributed by atoms with van der Waals surface area (Å²) >= 11 is 0. The number of carbonyl (C=O) groups is 1. The fourth-order valence-corrected chi connectivity index (χ4v) is 4.32. The van der Waals surface area contributed by atoms with Gasteiger partial charge in [0.05, 0.1) is 23.4 Å². The summed E-state index contributed by atoms with van der Waals surface area (Å²) < 4.78 is 13.7. The zero-order chi connectivity index (χ0) is 23.7. The molecule has 0 aromatic carbocycles. The van der Waals surface area contributed by atoms with Crippen LogP contribution in [0.1, 0.15) is 61.7 Å². The Bertz CT molecular complexity index is 1190. The lowest BCUT2D eigenvalue weighted by atomic mass is 9.87. The van der Waals surface area contributed by atoms with Crippen molar-refractivity contribution in [3.05, 3.63) is 41.6 Å². The van der Waals surface area contributed by atoms with Crippen molar-refractivity contribution in [2.45, 2.75) is 64.1 Å². The lowest BCUT2D eigenvalue weighted by molar-refractivity contribution is -0.143. The van der Waals surface area contributed by atoms with E-state index in [1.807, 2.05) is 26.1 Å². The molecule has 0 amide bonds. The Morgan fingerprint density at radius 3 is 2.79 bits per heavy atom. The first-order valence-electron chi connectivity index (χ1n) is 11.7. The minimum absolute atomic E-state index is 0.116. The van der Waals surface area contributed by atoms with Gasteiger partial charge in [-0.15, -0.1) is 5.10 Å². The number of pyridine rings is 1. The Morgan fingerprint density at radius 1 is 1.18 bits per heavy atom. The number of nitrogens with zero attached hydrogens (tertiary/aromatic N) is 6. The summed E-state index contributed by atoms with van der Waals surface area (Å²) in [5, 5.41) is 17.8. The summed E-state index contributed by atoms with van der Waals surface area (Å²) in [5.74, 6) is 1.39. The molecule has 2 aliphatic carbocycles. The van der Waals surface area contributed by atoms with Gasteiger partial charge in [0.1, 0.15) is 29.6 Å². The molecule has 1 N–H and O–H groups in total. The van der Waals surface area contributed by atoms with E-state index in [4.69, 9.17) is 14.5 Å². The van der Waals surface area contributed by atoms with Gasteiger partial charge in [-0.1, -0.05) is 5.21 Å². The SMILES string of the molecule is Cc1nc(-c2nnn(C)c2COc2ccnc(C3CC3)n2)ccc1O[C@H]1CCC[C@H](C(=O)O)C1. The Kier molecular flexibility index (Phi) is 6.12. The van der Waals surface area contributed by atoms with Gasteiger partial charge in [-0.3, -0.25) is 4.79 Å². The molecule has 0 spiro atoms. The zero-order valence-electron chi connectivity index (χ0n) is 19.3. The largest absolute Gasteiger partial charge is 0.489 e. The molecule has 0 saturated heterocycles. The van der Waals surface area contributed by atoms with Crippen LogP contribution in [0.3, 0.4) is 0 Å². The monoisotopic (exact) mass is 464 g/mol. The van der Waals surface area contributed by atoms with E-state index in [1.165, 1.54) is 0 Å². The summed E-state index contributed by atoms with van der Waals surface area (Å²) in [7, 11) is 1.82. The maximum absolute atomic E-state index is 11.3. The molecule has 3 heterocycles. The fraction of sp³-hybridized carbons (Fsp3) is 0.500. The van der Waals surface area contributed by atoms with E-state index in [9.17, 15) is 9.90 Å². The molecule has 3 aromatic rings. The number of hydrogen-bond donors (Lipinski definition) is 1. The average Bonchev–Trinajstić information content (AvgIpc) is 3.62. The van der Waals surface area contributed by atoms with Gasteiger partial charge < -0.3 is 14.6 Å². The van der Waals surface area contributed by atoms with Gasteiger partial charge in [0.2, 0.25) is 5.88 Å². The van der Waals surface area contributed by atoms with E-state index in [0.717, 1.165) is 42.9 Å². The van der Waals surface area contributed by atoms with Crippen molar-refractivity contribution in [2.24, 2.45) is 13.0 Å². The van der Waals surface area contributed by atoms with Crippen LogP contribution in [0.15, 0.2) is 24.4 Å². The predicted molar refractivity (Wildman–Crippen MR) is 121 cm³/mol. The van der Waals surface area contributed by atoms with Crippen LogP contribution in [-0.2, 0) is 18.4 Å². The van der Waals surface area contributed by atoms with Crippen molar-refractivity contribution < 1.29 is 19.4 Å². The maximum Gasteiger partial charge on any atom is 0.306 e. The van der Waals surface area contributed by atoms with E-state index >= 15 is 0 Å². The van der Waals surface area contributed by atoms with Crippen molar-refractivity contribution >= 4 is 5.97 Å². The summed E-state index contributed by atoms with van der Waals surface area (Å²) in [6, 6.07) is 5.47. The summed E-state index contributed by atoms with van der Waals surface area (Å²) in [5.41, 5.74) is 2.81. The van der Waals surface area contributed by atoms with Gasteiger partial charge in [0, 0.05) is 25.2 Å². The number of aliphatic carboxylic acids is 1. The standard InChI is InChI=1S/C24H28N6O4/c1-14-20(34-17-5-3-4-16(12-17)24(31)32)9-8-18(26-14)22-19(30(2)29-28-22)13-33-21-10-11-25-23(27-21)15-6-7-15/h8-11,15-17H,3-7,12-13H2,1-2H3,(H,31,32)/t16-,17-/m0/s1. The minimum atomic E-state index is -0.748. The number of hydrogen-bond acceptors (Lipinski definition) is 8. The molecular formula is C24H28N6O4. The molecule has 0 unspecified atom stereocenters. The highest BCUT2D eigenvalue weighted by Gasteiger charge is 2.29. The van der Waals surface area contributed by atoms with E-state index in [-0.39, 0.29) is 18.6 Å². The minimum Gasteiger partial charge on any atom is -0.489 e. The molecule has 5 rings (SSSR count). The second-order valence-electron chi connectivity index (χ2n) is 9.05. The smallest absolute Gasteiger partial charge is 0.306 e. The normalized spacial score (nSPS) is 20.2. The van der Waals surface area contributed by atoms with Crippen molar-refractivity contribution in [1.29, 1.82) is 0 Å². The van der Waals surface area contributed by atoms with Crippen LogP contribution in [0.4, 0.5) is 0 Å². The van der Waals surface area contributed by atoms with Crippen molar-refractivity contribution in [2.75, 3.05) is 0 Å². The third kappa shape index (κ3) is 4.85. The van der Waals surface area contributed by atoms with Crippen molar-refractivity contribution in [3.8, 4) is 23.0 Å². The Labute approximate surface area is 197 Å². The second-order valence-corrected chi connectivity index (χ2v) is 9.05. The zero-order valence-corrected chi connectivity index (χ0v) is 19.3. The summed E-state index contributed by atoms with van der Waals surface area (Å²) in [4.78, 5) is 24.9. The van der Waals surface area contributed by atoms with Crippen LogP contribution >= 0.6 is 0 Å². The van der Waals surface area contributed by atoms with Crippen LogP contribution in [0.5, 0.6) is 11.6 Å². The molecule has 2 aliphatic rings. The molecule has 10 nitrogen and oxygen atoms in total. The lowest BCUT2D eigenvalue weighted by Crippen LogP contribution is -2.29.